The molecule has 35 heavy (non-hydrogen) atoms. The number of nitrogens with zero attached hydrogens (tertiary/aromatic N) is 3. The molecule has 4 rings (SSSR count). The number of carboxylic acids is 1. The molecule has 0 saturated carbocycles. The molecule has 2 aromatic heterocycles. The van der Waals surface area contributed by atoms with E-state index in [1.165, 1.54) is 30.3 Å². The number of benzene rings is 1. The van der Waals surface area contributed by atoms with Crippen molar-refractivity contribution in [3.8, 4) is 11.3 Å². The molecule has 0 amide bonds. The number of carboxylic acid groups (broad SMARTS) is 1. The fourth-order valence-corrected chi connectivity index (χ4v) is 5.16. The Hall–Kier alpha value is -2.95. The lowest BCUT2D eigenvalue weighted by atomic mass is 9.80. The highest BCUT2D eigenvalue weighted by molar-refractivity contribution is 7.92. The maximum absolute atomic E-state index is 13.4. The van der Waals surface area contributed by atoms with Crippen molar-refractivity contribution in [3.05, 3.63) is 64.4 Å². The van der Waals surface area contributed by atoms with E-state index < -0.39 is 27.2 Å². The third-order valence-electron chi connectivity index (χ3n) is 5.96. The lowest BCUT2D eigenvalue weighted by molar-refractivity contribution is -0.149. The smallest absolute Gasteiger partial charge is 0.309 e. The van der Waals surface area contributed by atoms with Gasteiger partial charge < -0.3 is 10.0 Å². The Bertz CT molecular complexity index is 1400. The number of rotatable bonds is 6. The van der Waals surface area contributed by atoms with Crippen LogP contribution in [-0.2, 0) is 14.8 Å². The van der Waals surface area contributed by atoms with Gasteiger partial charge in [0.25, 0.3) is 10.0 Å². The molecular weight excluding hydrogens is 518 g/mol. The monoisotopic (exact) mass is 538 g/mol. The van der Waals surface area contributed by atoms with Crippen molar-refractivity contribution in [2.24, 2.45) is 5.41 Å². The van der Waals surface area contributed by atoms with Crippen molar-refractivity contribution in [3.63, 3.8) is 0 Å². The van der Waals surface area contributed by atoms with Gasteiger partial charge in [0.15, 0.2) is 5.03 Å². The number of aliphatic carboxylic acids is 1. The summed E-state index contributed by atoms with van der Waals surface area (Å²) in [5, 5.41) is 9.49. The van der Waals surface area contributed by atoms with Crippen molar-refractivity contribution in [2.45, 2.75) is 24.8 Å². The number of hydrogen-bond acceptors (Lipinski definition) is 6. The maximum atomic E-state index is 13.4. The maximum Gasteiger partial charge on any atom is 0.309 e. The molecule has 184 valence electrons. The lowest BCUT2D eigenvalue weighted by Gasteiger charge is -2.37. The molecule has 1 saturated heterocycles. The van der Waals surface area contributed by atoms with E-state index in [9.17, 15) is 22.7 Å². The van der Waals surface area contributed by atoms with Gasteiger partial charge in [-0.3, -0.25) is 9.52 Å². The summed E-state index contributed by atoms with van der Waals surface area (Å²) in [6, 6.07) is 11.2. The van der Waals surface area contributed by atoms with Gasteiger partial charge in [0.05, 0.1) is 21.2 Å². The minimum atomic E-state index is -4.12. The Morgan fingerprint density at radius 1 is 1.09 bits per heavy atom. The van der Waals surface area contributed by atoms with Crippen LogP contribution in [0.4, 0.5) is 16.0 Å². The van der Waals surface area contributed by atoms with E-state index in [4.69, 9.17) is 23.2 Å². The summed E-state index contributed by atoms with van der Waals surface area (Å²) in [4.78, 5) is 21.9. The van der Waals surface area contributed by atoms with E-state index in [0.29, 0.717) is 37.3 Å². The Morgan fingerprint density at radius 2 is 1.80 bits per heavy atom. The average molecular weight is 539 g/mol. The molecule has 0 unspecified atom stereocenters. The molecule has 1 aromatic carbocycles. The average Bonchev–Trinajstić information content (AvgIpc) is 2.81. The summed E-state index contributed by atoms with van der Waals surface area (Å²) < 4.78 is 41.9. The molecule has 1 aliphatic heterocycles. The molecule has 1 fully saturated rings. The molecule has 3 heterocycles. The Balaban J connectivity index is 1.57. The second kappa shape index (κ2) is 9.60. The SMILES string of the molecule is CC1(C(=O)O)CCN(c2cccc(S(=O)(=O)Nc3ccc(Cl)c(-c4ccc(F)cc4Cl)n3)n2)CC1. The Morgan fingerprint density at radius 3 is 2.46 bits per heavy atom. The van der Waals surface area contributed by atoms with Crippen LogP contribution in [0.15, 0.2) is 53.6 Å². The largest absolute Gasteiger partial charge is 0.481 e. The summed E-state index contributed by atoms with van der Waals surface area (Å²) in [5.74, 6) is -0.961. The number of nitrogens with one attached hydrogen (secondary N) is 1. The summed E-state index contributed by atoms with van der Waals surface area (Å²) in [5.41, 5.74) is -0.279. The highest BCUT2D eigenvalue weighted by Gasteiger charge is 2.37. The summed E-state index contributed by atoms with van der Waals surface area (Å²) in [6.07, 6.45) is 0.839. The van der Waals surface area contributed by atoms with Crippen molar-refractivity contribution in [1.82, 2.24) is 9.97 Å². The second-order valence-electron chi connectivity index (χ2n) is 8.44. The van der Waals surface area contributed by atoms with Crippen LogP contribution in [0.3, 0.4) is 0 Å². The van der Waals surface area contributed by atoms with Crippen LogP contribution >= 0.6 is 23.2 Å². The third-order valence-corrected chi connectivity index (χ3v) is 7.84. The number of halogens is 3. The third kappa shape index (κ3) is 5.34. The predicted octanol–water partition coefficient (Wildman–Crippen LogP) is 5.08. The van der Waals surface area contributed by atoms with Gasteiger partial charge in [-0.25, -0.2) is 14.4 Å². The number of sulfonamides is 1. The first-order chi connectivity index (χ1) is 16.5. The van der Waals surface area contributed by atoms with Gasteiger partial charge >= 0.3 is 5.97 Å². The zero-order valence-electron chi connectivity index (χ0n) is 18.5. The van der Waals surface area contributed by atoms with Gasteiger partial charge in [0.1, 0.15) is 17.5 Å². The molecule has 0 radical (unpaired) electrons. The van der Waals surface area contributed by atoms with Crippen LogP contribution < -0.4 is 9.62 Å². The molecule has 0 spiro atoms. The zero-order valence-corrected chi connectivity index (χ0v) is 20.8. The van der Waals surface area contributed by atoms with E-state index in [1.807, 2.05) is 4.90 Å². The fourth-order valence-electron chi connectivity index (χ4n) is 3.73. The van der Waals surface area contributed by atoms with E-state index in [2.05, 4.69) is 14.7 Å². The minimum absolute atomic E-state index is 0.0211. The molecule has 0 bridgehead atoms. The fraction of sp³-hybridized carbons (Fsp3) is 0.261. The number of anilines is 2. The number of hydrogen-bond donors (Lipinski definition) is 2. The number of pyridine rings is 2. The first-order valence-electron chi connectivity index (χ1n) is 10.6. The second-order valence-corrected chi connectivity index (χ2v) is 10.9. The van der Waals surface area contributed by atoms with Gasteiger partial charge in [0, 0.05) is 18.7 Å². The van der Waals surface area contributed by atoms with Crippen LogP contribution in [0.2, 0.25) is 10.0 Å². The first kappa shape index (κ1) is 25.2. The summed E-state index contributed by atoms with van der Waals surface area (Å²) in [6.45, 7) is 2.58. The number of aromatic nitrogens is 2. The standard InChI is InChI=1S/C23H21Cl2FN4O4S/c1-23(22(31)32)9-11-30(12-10-23)19-3-2-4-20(28-19)35(33,34)29-18-8-7-16(24)21(27-18)15-6-5-14(26)13-17(15)25/h2-8,13H,9-12H2,1H3,(H,27,29)(H,31,32). The van der Waals surface area contributed by atoms with Crippen molar-refractivity contribution in [1.29, 1.82) is 0 Å². The molecular formula is C23H21Cl2FN4O4S. The van der Waals surface area contributed by atoms with E-state index in [-0.39, 0.29) is 26.6 Å². The normalized spacial score (nSPS) is 15.6. The van der Waals surface area contributed by atoms with Crippen LogP contribution in [-0.4, -0.2) is 42.6 Å². The Labute approximate surface area is 211 Å². The molecule has 2 N–H and O–H groups in total. The summed E-state index contributed by atoms with van der Waals surface area (Å²) in [7, 11) is -4.12. The van der Waals surface area contributed by atoms with Crippen molar-refractivity contribution in [2.75, 3.05) is 22.7 Å². The van der Waals surface area contributed by atoms with Gasteiger partial charge in [-0.1, -0.05) is 29.3 Å². The molecule has 3 aromatic rings. The van der Waals surface area contributed by atoms with Crippen molar-refractivity contribution < 1.29 is 22.7 Å². The molecule has 1 aliphatic rings. The topological polar surface area (TPSA) is 112 Å². The van der Waals surface area contributed by atoms with E-state index >= 15 is 0 Å². The number of carbonyl (C=O) groups is 1. The quantitative estimate of drug-likeness (QED) is 0.449. The van der Waals surface area contributed by atoms with Crippen LogP contribution in [0.25, 0.3) is 11.3 Å². The van der Waals surface area contributed by atoms with Gasteiger partial charge in [-0.2, -0.15) is 8.42 Å². The lowest BCUT2D eigenvalue weighted by Crippen LogP contribution is -2.43. The van der Waals surface area contributed by atoms with E-state index in [1.54, 1.807) is 19.1 Å². The van der Waals surface area contributed by atoms with Crippen LogP contribution in [0.5, 0.6) is 0 Å². The van der Waals surface area contributed by atoms with Crippen LogP contribution in [0.1, 0.15) is 19.8 Å². The minimum Gasteiger partial charge on any atom is -0.481 e. The van der Waals surface area contributed by atoms with Gasteiger partial charge in [-0.15, -0.1) is 0 Å². The Kier molecular flexibility index (Phi) is 6.90. The van der Waals surface area contributed by atoms with E-state index in [0.717, 1.165) is 6.07 Å². The van der Waals surface area contributed by atoms with Gasteiger partial charge in [0.2, 0.25) is 0 Å². The molecule has 0 atom stereocenters. The number of piperidine rings is 1. The first-order valence-corrected chi connectivity index (χ1v) is 12.8. The molecule has 8 nitrogen and oxygen atoms in total. The highest BCUT2D eigenvalue weighted by Crippen LogP contribution is 2.34. The summed E-state index contributed by atoms with van der Waals surface area (Å²) >= 11 is 12.3. The van der Waals surface area contributed by atoms with Crippen LogP contribution in [0, 0.1) is 11.2 Å². The molecule has 12 heteroatoms. The van der Waals surface area contributed by atoms with Gasteiger partial charge in [-0.05, 0) is 62.2 Å². The highest BCUT2D eigenvalue weighted by atomic mass is 35.5. The predicted molar refractivity (Wildman–Crippen MR) is 132 cm³/mol. The van der Waals surface area contributed by atoms with Crippen molar-refractivity contribution >= 4 is 50.8 Å². The zero-order chi connectivity index (χ0) is 25.4. The molecule has 0 aliphatic carbocycles.